The Hall–Kier alpha value is -1.04. The van der Waals surface area contributed by atoms with Crippen molar-refractivity contribution in [2.24, 2.45) is 0 Å². The number of aromatic amines is 1. The molecule has 1 saturated carbocycles. The van der Waals surface area contributed by atoms with E-state index in [9.17, 15) is 4.79 Å². The molecule has 1 fully saturated rings. The number of carbonyl (C=O) groups excluding carboxylic acids is 1. The zero-order valence-electron chi connectivity index (χ0n) is 9.82. The van der Waals surface area contributed by atoms with Crippen LogP contribution in [-0.2, 0) is 4.79 Å². The van der Waals surface area contributed by atoms with E-state index in [1.807, 2.05) is 0 Å². The number of aromatic nitrogens is 3. The summed E-state index contributed by atoms with van der Waals surface area (Å²) >= 11 is 1.39. The van der Waals surface area contributed by atoms with Gasteiger partial charge in [0, 0.05) is 6.04 Å². The summed E-state index contributed by atoms with van der Waals surface area (Å²) in [4.78, 5) is 15.7. The van der Waals surface area contributed by atoms with Gasteiger partial charge in [0.25, 0.3) is 0 Å². The number of H-pyrrole nitrogens is 1. The largest absolute Gasteiger partial charge is 0.353 e. The highest BCUT2D eigenvalue weighted by Gasteiger charge is 2.14. The highest BCUT2D eigenvalue weighted by molar-refractivity contribution is 7.99. The van der Waals surface area contributed by atoms with E-state index in [4.69, 9.17) is 0 Å². The van der Waals surface area contributed by atoms with Crippen molar-refractivity contribution in [3.8, 4) is 0 Å². The molecule has 0 atom stereocenters. The standard InChI is InChI=1S/C11H18N4OS/c16-10(7-17-11-12-8-13-15-11)14-9-5-3-1-2-4-6-9/h8-9H,1-7H2,(H,14,16)(H,12,13,15). The maximum absolute atomic E-state index is 11.7. The molecule has 0 unspecified atom stereocenters. The molecule has 17 heavy (non-hydrogen) atoms. The highest BCUT2D eigenvalue weighted by atomic mass is 32.2. The maximum Gasteiger partial charge on any atom is 0.230 e. The van der Waals surface area contributed by atoms with Crippen LogP contribution in [0.5, 0.6) is 0 Å². The lowest BCUT2D eigenvalue weighted by atomic mass is 10.1. The van der Waals surface area contributed by atoms with Gasteiger partial charge in [-0.25, -0.2) is 4.98 Å². The highest BCUT2D eigenvalue weighted by Crippen LogP contribution is 2.17. The first-order chi connectivity index (χ1) is 8.34. The third kappa shape index (κ3) is 4.38. The van der Waals surface area contributed by atoms with Gasteiger partial charge in [-0.2, -0.15) is 5.10 Å². The zero-order chi connectivity index (χ0) is 11.9. The Balaban J connectivity index is 1.69. The minimum atomic E-state index is 0.0956. The summed E-state index contributed by atoms with van der Waals surface area (Å²) in [6, 6.07) is 0.375. The molecule has 5 nitrogen and oxygen atoms in total. The summed E-state index contributed by atoms with van der Waals surface area (Å²) in [5.74, 6) is 0.504. The first-order valence-electron chi connectivity index (χ1n) is 6.12. The Morgan fingerprint density at radius 3 is 2.82 bits per heavy atom. The molecule has 1 aliphatic carbocycles. The van der Waals surface area contributed by atoms with Crippen LogP contribution in [0.25, 0.3) is 0 Å². The number of amides is 1. The minimum absolute atomic E-state index is 0.0956. The number of hydrogen-bond donors (Lipinski definition) is 2. The molecule has 1 aromatic rings. The predicted molar refractivity (Wildman–Crippen MR) is 66.7 cm³/mol. The SMILES string of the molecule is O=C(CSc1ncn[nH]1)NC1CCCCCC1. The molecule has 1 amide bonds. The minimum Gasteiger partial charge on any atom is -0.353 e. The Bertz CT molecular complexity index is 333. The molecular formula is C11H18N4OS. The van der Waals surface area contributed by atoms with Gasteiger partial charge >= 0.3 is 0 Å². The molecule has 0 bridgehead atoms. The fourth-order valence-electron chi connectivity index (χ4n) is 2.09. The second-order valence-electron chi connectivity index (χ2n) is 4.34. The summed E-state index contributed by atoms with van der Waals surface area (Å²) in [5.41, 5.74) is 0. The lowest BCUT2D eigenvalue weighted by Gasteiger charge is -2.15. The molecule has 1 heterocycles. The van der Waals surface area contributed by atoms with E-state index in [1.165, 1.54) is 43.8 Å². The van der Waals surface area contributed by atoms with Crippen molar-refractivity contribution in [1.29, 1.82) is 0 Å². The summed E-state index contributed by atoms with van der Waals surface area (Å²) in [7, 11) is 0. The predicted octanol–water partition coefficient (Wildman–Crippen LogP) is 1.74. The van der Waals surface area contributed by atoms with E-state index in [0.29, 0.717) is 17.0 Å². The summed E-state index contributed by atoms with van der Waals surface area (Å²) < 4.78 is 0. The van der Waals surface area contributed by atoms with Crippen molar-refractivity contribution >= 4 is 17.7 Å². The van der Waals surface area contributed by atoms with Crippen LogP contribution in [0.15, 0.2) is 11.5 Å². The van der Waals surface area contributed by atoms with Gasteiger partial charge in [-0.05, 0) is 12.8 Å². The Kier molecular flexibility index (Phi) is 4.85. The maximum atomic E-state index is 11.7. The van der Waals surface area contributed by atoms with E-state index in [2.05, 4.69) is 20.5 Å². The van der Waals surface area contributed by atoms with E-state index < -0.39 is 0 Å². The van der Waals surface area contributed by atoms with E-state index >= 15 is 0 Å². The number of thioether (sulfide) groups is 1. The molecule has 1 aromatic heterocycles. The first kappa shape index (κ1) is 12.4. The smallest absolute Gasteiger partial charge is 0.230 e. The topological polar surface area (TPSA) is 70.7 Å². The quantitative estimate of drug-likeness (QED) is 0.634. The van der Waals surface area contributed by atoms with Crippen molar-refractivity contribution in [1.82, 2.24) is 20.5 Å². The van der Waals surface area contributed by atoms with Crippen molar-refractivity contribution in [3.05, 3.63) is 6.33 Å². The third-order valence-corrected chi connectivity index (χ3v) is 3.83. The van der Waals surface area contributed by atoms with Crippen LogP contribution in [0.2, 0.25) is 0 Å². The van der Waals surface area contributed by atoms with Crippen LogP contribution >= 0.6 is 11.8 Å². The van der Waals surface area contributed by atoms with Crippen molar-refractivity contribution in [3.63, 3.8) is 0 Å². The lowest BCUT2D eigenvalue weighted by molar-refractivity contribution is -0.119. The number of nitrogens with zero attached hydrogens (tertiary/aromatic N) is 2. The normalized spacial score (nSPS) is 17.6. The van der Waals surface area contributed by atoms with Crippen LogP contribution in [0.1, 0.15) is 38.5 Å². The van der Waals surface area contributed by atoms with E-state index in [1.54, 1.807) is 0 Å². The number of rotatable bonds is 4. The molecule has 2 N–H and O–H groups in total. The fraction of sp³-hybridized carbons (Fsp3) is 0.727. The van der Waals surface area contributed by atoms with Gasteiger partial charge in [0.2, 0.25) is 5.91 Å². The van der Waals surface area contributed by atoms with Gasteiger partial charge in [0.15, 0.2) is 5.16 Å². The second kappa shape index (κ2) is 6.64. The molecule has 0 spiro atoms. The Morgan fingerprint density at radius 2 is 2.18 bits per heavy atom. The molecule has 2 rings (SSSR count). The Morgan fingerprint density at radius 1 is 1.41 bits per heavy atom. The van der Waals surface area contributed by atoms with Crippen molar-refractivity contribution < 1.29 is 4.79 Å². The van der Waals surface area contributed by atoms with E-state index in [0.717, 1.165) is 12.8 Å². The van der Waals surface area contributed by atoms with Crippen LogP contribution in [-0.4, -0.2) is 32.9 Å². The van der Waals surface area contributed by atoms with Crippen LogP contribution in [0.3, 0.4) is 0 Å². The number of nitrogens with one attached hydrogen (secondary N) is 2. The first-order valence-corrected chi connectivity index (χ1v) is 7.10. The van der Waals surface area contributed by atoms with Gasteiger partial charge < -0.3 is 5.32 Å². The molecule has 0 aromatic carbocycles. The van der Waals surface area contributed by atoms with Crippen molar-refractivity contribution in [2.45, 2.75) is 49.7 Å². The molecule has 0 radical (unpaired) electrons. The van der Waals surface area contributed by atoms with Gasteiger partial charge in [-0.15, -0.1) is 0 Å². The van der Waals surface area contributed by atoms with Gasteiger partial charge in [0.05, 0.1) is 5.75 Å². The molecule has 1 aliphatic rings. The number of carbonyl (C=O) groups is 1. The lowest BCUT2D eigenvalue weighted by Crippen LogP contribution is -2.35. The summed E-state index contributed by atoms with van der Waals surface area (Å²) in [6.07, 6.45) is 8.78. The number of hydrogen-bond acceptors (Lipinski definition) is 4. The molecule has 94 valence electrons. The molecule has 0 saturated heterocycles. The third-order valence-electron chi connectivity index (χ3n) is 2.95. The second-order valence-corrected chi connectivity index (χ2v) is 5.30. The monoisotopic (exact) mass is 254 g/mol. The molecule has 0 aliphatic heterocycles. The van der Waals surface area contributed by atoms with Crippen LogP contribution < -0.4 is 5.32 Å². The van der Waals surface area contributed by atoms with Gasteiger partial charge in [0.1, 0.15) is 6.33 Å². The van der Waals surface area contributed by atoms with Gasteiger partial charge in [-0.3, -0.25) is 9.89 Å². The van der Waals surface area contributed by atoms with Crippen molar-refractivity contribution in [2.75, 3.05) is 5.75 Å². The van der Waals surface area contributed by atoms with Crippen LogP contribution in [0.4, 0.5) is 0 Å². The molecular weight excluding hydrogens is 236 g/mol. The molecule has 6 heteroatoms. The summed E-state index contributed by atoms with van der Waals surface area (Å²) in [6.45, 7) is 0. The zero-order valence-corrected chi connectivity index (χ0v) is 10.6. The fourth-order valence-corrected chi connectivity index (χ4v) is 2.68. The van der Waals surface area contributed by atoms with Gasteiger partial charge in [-0.1, -0.05) is 37.4 Å². The van der Waals surface area contributed by atoms with Crippen LogP contribution in [0, 0.1) is 0 Å². The summed E-state index contributed by atoms with van der Waals surface area (Å²) in [5, 5.41) is 10.3. The Labute approximate surface area is 105 Å². The average molecular weight is 254 g/mol. The van der Waals surface area contributed by atoms with E-state index in [-0.39, 0.29) is 5.91 Å². The average Bonchev–Trinajstić information content (AvgIpc) is 2.72.